The standard InChI is InChI=1S/C17H29N2O5P.C17H27N2O5P.2C16H27N2O5P.C16H25N2O5P.C15H25N2O5P/c2*1-5-6-7-11-10-19(17(23)18-15(11)22)16-14(21)13(20)12(24-16)8-9-25(2,3)4;3*1-5-6-10-9-18(16(22)17-14(10)21)15-13(20)12(19)11(23-15)7-8-24(2,3)4;1-5-9-8-17(15(21)16-13(9)20)14-12(19)11(18)10(22-14)6-7-23(2,3)4/h10,12-14,16,20-21H,2,5-9H2,1,3-4H3,(H,18,22,23);5,10,12-14,16,20-21H,1-2,6-9H2,3-4H3,(H,18,22,23);2*9,11-13,15,19-20H,2,5-8H2,1,3-4H3,(H,17,21,22);5,9,11-13,15,19-20H,1-2,6-8H2,3-4H3,(H,17,21,22);8,10-12,14,18-19H,2,5-7H2,1,3-4H3,(H,16,20,21)/t2*12-,13-,14-,16-;3*11-,12-,13-,15-;10-,11-,12-,14-/m111111/s1. The summed E-state index contributed by atoms with van der Waals surface area (Å²) in [4.78, 5) is 157. The first kappa shape index (κ1) is 125. The molecule has 0 radical (unpaired) electrons. The number of unbranched alkanes of at least 4 members (excludes halogenated alkanes) is 1. The van der Waals surface area contributed by atoms with Crippen LogP contribution in [0.15, 0.2) is 120 Å². The van der Waals surface area contributed by atoms with Crippen LogP contribution in [0.4, 0.5) is 0 Å². The monoisotopic (exact) mass is 2160 g/mol. The van der Waals surface area contributed by atoms with Gasteiger partial charge < -0.3 is 89.7 Å². The van der Waals surface area contributed by atoms with Crippen LogP contribution in [0.2, 0.25) is 0 Å². The van der Waals surface area contributed by atoms with E-state index < -0.39 is 256 Å². The number of ether oxygens (including phenoxy) is 6. The number of aliphatic hydroxyl groups is 12. The predicted octanol–water partition coefficient (Wildman–Crippen LogP) is 1.19. The van der Waals surface area contributed by atoms with Crippen LogP contribution in [0.25, 0.3) is 0 Å². The van der Waals surface area contributed by atoms with Gasteiger partial charge in [0.05, 0.1) is 36.6 Å². The highest BCUT2D eigenvalue weighted by Crippen LogP contribution is 2.46. The van der Waals surface area contributed by atoms with Gasteiger partial charge in [0.2, 0.25) is 0 Å². The molecule has 18 N–H and O–H groups in total. The zero-order valence-electron chi connectivity index (χ0n) is 86.5. The fraction of sp³-hybridized carbons (Fsp3) is 0.649. The van der Waals surface area contributed by atoms with Gasteiger partial charge in [-0.15, -0.1) is 92.3 Å². The summed E-state index contributed by atoms with van der Waals surface area (Å²) in [6.45, 7) is 32.2. The highest BCUT2D eigenvalue weighted by Gasteiger charge is 2.50. The van der Waals surface area contributed by atoms with Gasteiger partial charge in [-0.3, -0.25) is 86.1 Å². The van der Waals surface area contributed by atoms with Gasteiger partial charge in [-0.1, -0.05) is 59.1 Å². The molecular weight excluding hydrogens is 2000 g/mol. The van der Waals surface area contributed by atoms with Gasteiger partial charge in [0.25, 0.3) is 33.4 Å². The van der Waals surface area contributed by atoms with E-state index in [2.05, 4.69) is 161 Å². The van der Waals surface area contributed by atoms with Crippen molar-refractivity contribution in [2.75, 3.05) is 117 Å². The first-order chi connectivity index (χ1) is 67.3. The maximum Gasteiger partial charge on any atom is 0.330 e. The second-order valence-corrected chi connectivity index (χ2v) is 68.1. The third kappa shape index (κ3) is 35.6. The number of aryl methyl sites for hydroxylation is 5. The van der Waals surface area contributed by atoms with Gasteiger partial charge in [-0.25, -0.2) is 28.8 Å². The Kier molecular flexibility index (Phi) is 46.4. The van der Waals surface area contributed by atoms with E-state index in [1.165, 1.54) is 50.9 Å². The zero-order valence-corrected chi connectivity index (χ0v) is 91.8. The lowest BCUT2D eigenvalue weighted by molar-refractivity contribution is -0.0404. The van der Waals surface area contributed by atoms with Gasteiger partial charge in [0.1, 0.15) is 73.2 Å². The summed E-state index contributed by atoms with van der Waals surface area (Å²) in [5, 5.41) is 123. The van der Waals surface area contributed by atoms with Crippen molar-refractivity contribution in [2.24, 2.45) is 0 Å². The number of hydrogen-bond acceptors (Lipinski definition) is 30. The van der Waals surface area contributed by atoms with E-state index in [0.29, 0.717) is 110 Å². The molecule has 818 valence electrons. The minimum Gasteiger partial charge on any atom is -0.388 e. The first-order valence-corrected chi connectivity index (χ1v) is 67.1. The van der Waals surface area contributed by atoms with Crippen molar-refractivity contribution in [2.45, 2.75) is 284 Å². The van der Waals surface area contributed by atoms with Gasteiger partial charge in [-0.05, 0) is 207 Å². The number of aromatic nitrogens is 12. The molecule has 48 heteroatoms. The maximum atomic E-state index is 12.2. The van der Waals surface area contributed by atoms with Gasteiger partial charge >= 0.3 is 34.1 Å². The Bertz CT molecular complexity index is 6330. The molecule has 0 bridgehead atoms. The maximum absolute atomic E-state index is 12.2. The normalized spacial score (nSPS) is 27.4. The van der Waals surface area contributed by atoms with E-state index in [4.69, 9.17) is 28.4 Å². The Balaban J connectivity index is 0.000000236. The fourth-order valence-electron chi connectivity index (χ4n) is 16.8. The van der Waals surface area contributed by atoms with Crippen LogP contribution in [-0.4, -0.2) is 383 Å². The van der Waals surface area contributed by atoms with Gasteiger partial charge in [0, 0.05) is 70.6 Å². The molecule has 42 nitrogen and oxygen atoms in total. The van der Waals surface area contributed by atoms with Gasteiger partial charge in [0.15, 0.2) is 37.4 Å². The highest BCUT2D eigenvalue weighted by molar-refractivity contribution is 7.73. The molecule has 0 amide bonds. The summed E-state index contributed by atoms with van der Waals surface area (Å²) in [5.74, 6) is 0. The van der Waals surface area contributed by atoms with E-state index >= 15 is 0 Å². The zero-order chi connectivity index (χ0) is 109. The number of allylic oxidation sites excluding steroid dienone is 2. The summed E-state index contributed by atoms with van der Waals surface area (Å²) < 4.78 is 41.4. The number of aliphatic hydroxyl groups excluding tert-OH is 12. The Hall–Kier alpha value is -7.36. The number of rotatable bonds is 37. The minimum absolute atomic E-state index is 0.282. The molecule has 6 saturated heterocycles. The first-order valence-electron chi connectivity index (χ1n) is 48.7. The molecule has 0 spiro atoms. The molecule has 12 heterocycles. The molecule has 145 heavy (non-hydrogen) atoms. The number of nitrogens with zero attached hydrogens (tertiary/aromatic N) is 6. The van der Waals surface area contributed by atoms with Crippen molar-refractivity contribution >= 4 is 79.1 Å². The van der Waals surface area contributed by atoms with E-state index in [0.717, 1.165) is 76.4 Å². The summed E-state index contributed by atoms with van der Waals surface area (Å²) in [6, 6.07) is 0. The molecule has 6 fully saturated rings. The summed E-state index contributed by atoms with van der Waals surface area (Å²) in [7, 11) is 0. The Labute approximate surface area is 843 Å². The van der Waals surface area contributed by atoms with Gasteiger partial charge in [-0.2, -0.15) is 0 Å². The lowest BCUT2D eigenvalue weighted by atomic mass is 10.1. The molecule has 0 aromatic carbocycles. The molecule has 6 aromatic heterocycles. The van der Waals surface area contributed by atoms with Crippen LogP contribution in [0.3, 0.4) is 0 Å². The van der Waals surface area contributed by atoms with E-state index in [1.54, 1.807) is 19.1 Å². The van der Waals surface area contributed by atoms with Crippen molar-refractivity contribution in [1.82, 2.24) is 57.3 Å². The molecular formula is C97H160N12O30P6. The third-order valence-electron chi connectivity index (χ3n) is 25.2. The average molecular weight is 2160 g/mol. The lowest BCUT2D eigenvalue weighted by Crippen LogP contribution is -2.38. The highest BCUT2D eigenvalue weighted by atomic mass is 31.2. The van der Waals surface area contributed by atoms with E-state index in [1.807, 2.05) is 20.8 Å². The second kappa shape index (κ2) is 54.1. The van der Waals surface area contributed by atoms with Crippen molar-refractivity contribution in [3.05, 3.63) is 221 Å². The summed E-state index contributed by atoms with van der Waals surface area (Å²) >= 11 is 0. The van der Waals surface area contributed by atoms with Crippen molar-refractivity contribution in [3.63, 3.8) is 0 Å². The molecule has 0 aliphatic carbocycles. The topological polar surface area (TPSA) is 627 Å². The van der Waals surface area contributed by atoms with Crippen molar-refractivity contribution in [3.8, 4) is 0 Å². The molecule has 6 aliphatic heterocycles. The van der Waals surface area contributed by atoms with Crippen LogP contribution >= 0.6 is 41.3 Å². The molecule has 6 aromatic rings. The molecule has 12 rings (SSSR count). The predicted molar refractivity (Wildman–Crippen MR) is 584 cm³/mol. The van der Waals surface area contributed by atoms with Crippen molar-refractivity contribution in [1.29, 1.82) is 0 Å². The molecule has 24 atom stereocenters. The average Bonchev–Trinajstić information content (AvgIpc) is 1.68. The number of aromatic amines is 6. The van der Waals surface area contributed by atoms with Crippen LogP contribution in [-0.2, 0) is 66.9 Å². The van der Waals surface area contributed by atoms with Crippen molar-refractivity contribution < 1.29 is 89.7 Å². The SMILES string of the molecule is C=CCCc1cn([C@@H]2O[C@H](CCP(=C)(C)C)[C@@H](O)[C@H]2O)c(=O)[nH]c1=O.C=CCc1cn([C@@H]2O[C@H](CCP(=C)(C)C)[C@@H](O)[C@H]2O)c(=O)[nH]c1=O.C=P(C)(C)CC[C@H]1O[C@@H](n2cc(CC)c(=O)[nH]c2=O)[C@H](O)[C@@H]1O.C=P(C)(C)CC[C@H]1O[C@@H](n2cc(CCC)c(=O)[nH]c2=O)[C@H](O)[C@@H]1O.C=P(C)(C)CC[C@H]1O[C@@H](n2cc(CCC)c(=O)[nH]c2=O)[C@H](O)[C@@H]1O.C=P(C)(C)CC[C@H]1O[C@@H](n2cc(CCCC)c(=O)[nH]c2=O)[C@H](O)[C@@H]1O. The third-order valence-corrected chi connectivity index (χ3v) is 34.0. The summed E-state index contributed by atoms with van der Waals surface area (Å²) in [6.07, 6.45) is 27.9. The molecule has 0 saturated carbocycles. The fourth-order valence-corrected chi connectivity index (χ4v) is 22.5. The molecule has 6 aliphatic rings. The van der Waals surface area contributed by atoms with Crippen LogP contribution in [0.5, 0.6) is 0 Å². The Morgan fingerprint density at radius 1 is 0.269 bits per heavy atom. The lowest BCUT2D eigenvalue weighted by Gasteiger charge is -2.19. The molecule has 0 unspecified atom stereocenters. The summed E-state index contributed by atoms with van der Waals surface area (Å²) in [5.41, 5.74) is -4.09. The number of nitrogens with one attached hydrogen (secondary N) is 6. The number of hydrogen-bond donors (Lipinski definition) is 18. The quantitative estimate of drug-likeness (QED) is 0.0192. The Morgan fingerprint density at radius 2 is 0.455 bits per heavy atom. The second-order valence-electron chi connectivity index (χ2n) is 42.2. The Morgan fingerprint density at radius 3 is 0.641 bits per heavy atom. The van der Waals surface area contributed by atoms with Crippen LogP contribution < -0.4 is 67.5 Å². The number of H-pyrrole nitrogens is 6. The van der Waals surface area contributed by atoms with Crippen LogP contribution in [0, 0.1) is 0 Å². The minimum atomic E-state index is -1.29. The smallest absolute Gasteiger partial charge is 0.330 e. The van der Waals surface area contributed by atoms with Crippen LogP contribution in [0.1, 0.15) is 169 Å². The van der Waals surface area contributed by atoms with E-state index in [-0.39, 0.29) is 6.42 Å². The largest absolute Gasteiger partial charge is 0.388 e. The van der Waals surface area contributed by atoms with E-state index in [9.17, 15) is 119 Å².